The topological polar surface area (TPSA) is 44.1 Å². The van der Waals surface area contributed by atoms with E-state index in [1.807, 2.05) is 4.90 Å². The van der Waals surface area contributed by atoms with Gasteiger partial charge >= 0.3 is 0 Å². The van der Waals surface area contributed by atoms with E-state index in [0.717, 1.165) is 25.7 Å². The van der Waals surface area contributed by atoms with Gasteiger partial charge in [-0.3, -0.25) is 4.79 Å². The van der Waals surface area contributed by atoms with Gasteiger partial charge in [-0.2, -0.15) is 5.26 Å². The number of hydrogen-bond acceptors (Lipinski definition) is 2. The molecule has 2 rings (SSSR count). The maximum atomic E-state index is 12.1. The standard InChI is InChI=1S/C12H18N2O/c13-8-9-14(11-6-1-2-7-11)12(15)10-4-3-5-10/h10-11H,1-7,9H2. The summed E-state index contributed by atoms with van der Waals surface area (Å²) >= 11 is 0. The molecule has 1 amide bonds. The van der Waals surface area contributed by atoms with Crippen LogP contribution in [0.15, 0.2) is 0 Å². The van der Waals surface area contributed by atoms with Gasteiger partial charge in [0.15, 0.2) is 0 Å². The smallest absolute Gasteiger partial charge is 0.226 e. The largest absolute Gasteiger partial charge is 0.326 e. The Labute approximate surface area is 91.1 Å². The molecule has 0 spiro atoms. The van der Waals surface area contributed by atoms with Crippen molar-refractivity contribution in [3.8, 4) is 6.07 Å². The third kappa shape index (κ3) is 2.14. The van der Waals surface area contributed by atoms with Crippen molar-refractivity contribution < 1.29 is 4.79 Å². The number of carbonyl (C=O) groups excluding carboxylic acids is 1. The van der Waals surface area contributed by atoms with Crippen molar-refractivity contribution in [1.82, 2.24) is 4.90 Å². The van der Waals surface area contributed by atoms with Crippen LogP contribution in [0.1, 0.15) is 44.9 Å². The molecule has 0 heterocycles. The molecule has 2 fully saturated rings. The molecule has 0 unspecified atom stereocenters. The fourth-order valence-corrected chi connectivity index (χ4v) is 2.57. The monoisotopic (exact) mass is 206 g/mol. The molecule has 0 saturated heterocycles. The van der Waals surface area contributed by atoms with Gasteiger partial charge < -0.3 is 4.90 Å². The molecule has 3 nitrogen and oxygen atoms in total. The van der Waals surface area contributed by atoms with E-state index in [4.69, 9.17) is 5.26 Å². The molecule has 0 aromatic heterocycles. The quantitative estimate of drug-likeness (QED) is 0.663. The van der Waals surface area contributed by atoms with Crippen LogP contribution in [0.2, 0.25) is 0 Å². The van der Waals surface area contributed by atoms with Crippen molar-refractivity contribution in [3.05, 3.63) is 0 Å². The zero-order chi connectivity index (χ0) is 10.7. The lowest BCUT2D eigenvalue weighted by atomic mass is 9.84. The van der Waals surface area contributed by atoms with Crippen LogP contribution in [0, 0.1) is 17.2 Å². The summed E-state index contributed by atoms with van der Waals surface area (Å²) in [5.41, 5.74) is 0. The van der Waals surface area contributed by atoms with Crippen LogP contribution in [0.3, 0.4) is 0 Å². The minimum atomic E-state index is 0.235. The summed E-state index contributed by atoms with van der Waals surface area (Å²) in [6, 6.07) is 2.49. The highest BCUT2D eigenvalue weighted by Gasteiger charge is 2.33. The van der Waals surface area contributed by atoms with Crippen LogP contribution in [-0.2, 0) is 4.79 Å². The number of rotatable bonds is 3. The van der Waals surface area contributed by atoms with E-state index in [1.54, 1.807) is 0 Å². The molecule has 0 N–H and O–H groups in total. The van der Waals surface area contributed by atoms with Crippen molar-refractivity contribution in [2.75, 3.05) is 6.54 Å². The average Bonchev–Trinajstić information content (AvgIpc) is 2.63. The SMILES string of the molecule is N#CCN(C(=O)C1CCC1)C1CCCC1. The molecule has 0 bridgehead atoms. The molecule has 2 aliphatic rings. The van der Waals surface area contributed by atoms with Crippen molar-refractivity contribution in [2.45, 2.75) is 51.0 Å². The number of nitrogens with zero attached hydrogens (tertiary/aromatic N) is 2. The van der Waals surface area contributed by atoms with Gasteiger partial charge in [-0.25, -0.2) is 0 Å². The van der Waals surface area contributed by atoms with E-state index in [1.165, 1.54) is 19.3 Å². The van der Waals surface area contributed by atoms with Crippen LogP contribution in [-0.4, -0.2) is 23.4 Å². The minimum Gasteiger partial charge on any atom is -0.326 e. The zero-order valence-corrected chi connectivity index (χ0v) is 9.11. The van der Waals surface area contributed by atoms with E-state index in [9.17, 15) is 4.79 Å². The summed E-state index contributed by atoms with van der Waals surface area (Å²) in [7, 11) is 0. The van der Waals surface area contributed by atoms with Gasteiger partial charge in [0, 0.05) is 12.0 Å². The molecule has 2 aliphatic carbocycles. The molecule has 0 aromatic carbocycles. The Morgan fingerprint density at radius 2 is 1.87 bits per heavy atom. The molecule has 0 atom stereocenters. The van der Waals surface area contributed by atoms with Gasteiger partial charge in [0.25, 0.3) is 0 Å². The Kier molecular flexibility index (Phi) is 3.25. The number of amides is 1. The van der Waals surface area contributed by atoms with E-state index in [-0.39, 0.29) is 11.8 Å². The highest BCUT2D eigenvalue weighted by Crippen LogP contribution is 2.31. The zero-order valence-electron chi connectivity index (χ0n) is 9.11. The first kappa shape index (κ1) is 10.5. The first-order chi connectivity index (χ1) is 7.33. The molecule has 2 saturated carbocycles. The number of nitriles is 1. The molecule has 0 radical (unpaired) electrons. The Morgan fingerprint density at radius 3 is 2.33 bits per heavy atom. The predicted molar refractivity (Wildman–Crippen MR) is 56.9 cm³/mol. The average molecular weight is 206 g/mol. The van der Waals surface area contributed by atoms with Crippen LogP contribution < -0.4 is 0 Å². The first-order valence-corrected chi connectivity index (χ1v) is 6.00. The summed E-state index contributed by atoms with van der Waals surface area (Å²) in [6.07, 6.45) is 7.87. The lowest BCUT2D eigenvalue weighted by molar-refractivity contribution is -0.139. The second-order valence-electron chi connectivity index (χ2n) is 4.69. The van der Waals surface area contributed by atoms with Crippen LogP contribution >= 0.6 is 0 Å². The van der Waals surface area contributed by atoms with E-state index in [0.29, 0.717) is 12.6 Å². The maximum absolute atomic E-state index is 12.1. The summed E-state index contributed by atoms with van der Waals surface area (Å²) in [6.45, 7) is 0.292. The van der Waals surface area contributed by atoms with E-state index >= 15 is 0 Å². The van der Waals surface area contributed by atoms with E-state index in [2.05, 4.69) is 6.07 Å². The van der Waals surface area contributed by atoms with E-state index < -0.39 is 0 Å². The van der Waals surface area contributed by atoms with Gasteiger partial charge in [0.2, 0.25) is 5.91 Å². The lowest BCUT2D eigenvalue weighted by Crippen LogP contribution is -2.44. The molecule has 0 aromatic rings. The van der Waals surface area contributed by atoms with Crippen molar-refractivity contribution >= 4 is 5.91 Å². The summed E-state index contributed by atoms with van der Waals surface area (Å²) < 4.78 is 0. The summed E-state index contributed by atoms with van der Waals surface area (Å²) in [4.78, 5) is 13.9. The minimum absolute atomic E-state index is 0.235. The number of hydrogen-bond donors (Lipinski definition) is 0. The van der Waals surface area contributed by atoms with Crippen LogP contribution in [0.4, 0.5) is 0 Å². The normalized spacial score (nSPS) is 22.1. The second-order valence-corrected chi connectivity index (χ2v) is 4.69. The van der Waals surface area contributed by atoms with Gasteiger partial charge in [0.05, 0.1) is 6.07 Å². The van der Waals surface area contributed by atoms with Crippen LogP contribution in [0.5, 0.6) is 0 Å². The van der Waals surface area contributed by atoms with Crippen LogP contribution in [0.25, 0.3) is 0 Å². The molecular weight excluding hydrogens is 188 g/mol. The van der Waals surface area contributed by atoms with Crippen molar-refractivity contribution in [2.24, 2.45) is 5.92 Å². The highest BCUT2D eigenvalue weighted by atomic mass is 16.2. The van der Waals surface area contributed by atoms with Gasteiger partial charge in [-0.1, -0.05) is 19.3 Å². The first-order valence-electron chi connectivity index (χ1n) is 6.00. The fraction of sp³-hybridized carbons (Fsp3) is 0.833. The Bertz CT molecular complexity index is 272. The van der Waals surface area contributed by atoms with Gasteiger partial charge in [0.1, 0.15) is 6.54 Å². The second kappa shape index (κ2) is 4.65. The predicted octanol–water partition coefficient (Wildman–Crippen LogP) is 2.08. The van der Waals surface area contributed by atoms with Crippen molar-refractivity contribution in [1.29, 1.82) is 5.26 Å². The summed E-state index contributed by atoms with van der Waals surface area (Å²) in [5.74, 6) is 0.480. The molecule has 15 heavy (non-hydrogen) atoms. The molecule has 0 aliphatic heterocycles. The summed E-state index contributed by atoms with van der Waals surface area (Å²) in [5, 5.41) is 8.77. The third-order valence-electron chi connectivity index (χ3n) is 3.74. The third-order valence-corrected chi connectivity index (χ3v) is 3.74. The Balaban J connectivity index is 1.97. The fourth-order valence-electron chi connectivity index (χ4n) is 2.57. The lowest BCUT2D eigenvalue weighted by Gasteiger charge is -2.33. The molecular formula is C12H18N2O. The van der Waals surface area contributed by atoms with Gasteiger partial charge in [-0.15, -0.1) is 0 Å². The number of carbonyl (C=O) groups is 1. The van der Waals surface area contributed by atoms with Gasteiger partial charge in [-0.05, 0) is 25.7 Å². The molecule has 3 heteroatoms. The highest BCUT2D eigenvalue weighted by molar-refractivity contribution is 5.80. The maximum Gasteiger partial charge on any atom is 0.226 e. The Morgan fingerprint density at radius 1 is 1.20 bits per heavy atom. The van der Waals surface area contributed by atoms with Crippen molar-refractivity contribution in [3.63, 3.8) is 0 Å². The Hall–Kier alpha value is -1.04. The molecule has 82 valence electrons.